The fourth-order valence-corrected chi connectivity index (χ4v) is 3.02. The summed E-state index contributed by atoms with van der Waals surface area (Å²) in [6.45, 7) is 10.6. The Morgan fingerprint density at radius 3 is 2.45 bits per heavy atom. The van der Waals surface area contributed by atoms with E-state index in [9.17, 15) is 0 Å². The highest BCUT2D eigenvalue weighted by Gasteiger charge is 2.23. The highest BCUT2D eigenvalue weighted by molar-refractivity contribution is 14.1. The number of halogens is 1. The van der Waals surface area contributed by atoms with Crippen LogP contribution in [0.3, 0.4) is 0 Å². The van der Waals surface area contributed by atoms with Crippen LogP contribution in [0.1, 0.15) is 46.4 Å². The Labute approximate surface area is 133 Å². The van der Waals surface area contributed by atoms with Crippen LogP contribution in [0.15, 0.2) is 12.5 Å². The van der Waals surface area contributed by atoms with Crippen molar-refractivity contribution in [1.82, 2.24) is 19.5 Å². The Balaban J connectivity index is 2.64. The van der Waals surface area contributed by atoms with Gasteiger partial charge in [0, 0.05) is 11.5 Å². The lowest BCUT2D eigenvalue weighted by molar-refractivity contribution is 0.562. The van der Waals surface area contributed by atoms with Crippen LogP contribution >= 0.6 is 22.6 Å². The Bertz CT molecular complexity index is 625. The lowest BCUT2D eigenvalue weighted by Gasteiger charge is -2.21. The standard InChI is InChI=1S/C14H20IN5/c1-8(2)20-7-17-6-9(20)13-18-11(14(3,4)5)10(15)12(16)19-13/h6-8H,1-5H3,(H2,16,18,19). The van der Waals surface area contributed by atoms with E-state index in [1.54, 1.807) is 12.5 Å². The Hall–Kier alpha value is -1.18. The average Bonchev–Trinajstić information content (AvgIpc) is 2.80. The first kappa shape index (κ1) is 15.2. The van der Waals surface area contributed by atoms with Crippen LogP contribution < -0.4 is 5.73 Å². The van der Waals surface area contributed by atoms with Gasteiger partial charge in [0.25, 0.3) is 0 Å². The fourth-order valence-electron chi connectivity index (χ4n) is 1.97. The molecule has 0 atom stereocenters. The van der Waals surface area contributed by atoms with Crippen molar-refractivity contribution in [3.05, 3.63) is 21.8 Å². The van der Waals surface area contributed by atoms with Gasteiger partial charge in [-0.3, -0.25) is 0 Å². The monoisotopic (exact) mass is 385 g/mol. The van der Waals surface area contributed by atoms with E-state index >= 15 is 0 Å². The quantitative estimate of drug-likeness (QED) is 0.805. The van der Waals surface area contributed by atoms with Gasteiger partial charge in [-0.15, -0.1) is 0 Å². The summed E-state index contributed by atoms with van der Waals surface area (Å²) >= 11 is 2.21. The maximum atomic E-state index is 6.06. The minimum Gasteiger partial charge on any atom is -0.383 e. The topological polar surface area (TPSA) is 69.6 Å². The van der Waals surface area contributed by atoms with Gasteiger partial charge in [-0.25, -0.2) is 15.0 Å². The number of hydrogen-bond donors (Lipinski definition) is 1. The van der Waals surface area contributed by atoms with E-state index in [2.05, 4.69) is 67.2 Å². The van der Waals surface area contributed by atoms with Gasteiger partial charge in [-0.05, 0) is 36.4 Å². The summed E-state index contributed by atoms with van der Waals surface area (Å²) < 4.78 is 2.98. The number of nitrogens with two attached hydrogens (primary N) is 1. The predicted octanol–water partition coefficient (Wildman–Crippen LogP) is 3.41. The molecule has 108 valence electrons. The number of nitrogens with zero attached hydrogens (tertiary/aromatic N) is 4. The summed E-state index contributed by atoms with van der Waals surface area (Å²) in [6, 6.07) is 0.301. The van der Waals surface area contributed by atoms with E-state index in [1.165, 1.54) is 0 Å². The van der Waals surface area contributed by atoms with Gasteiger partial charge in [0.15, 0.2) is 5.82 Å². The Morgan fingerprint density at radius 2 is 1.90 bits per heavy atom. The molecule has 0 aliphatic carbocycles. The van der Waals surface area contributed by atoms with Crippen molar-refractivity contribution in [2.75, 3.05) is 5.73 Å². The maximum Gasteiger partial charge on any atom is 0.180 e. The minimum atomic E-state index is -0.0784. The van der Waals surface area contributed by atoms with Crippen LogP contribution in [0, 0.1) is 3.57 Å². The molecule has 20 heavy (non-hydrogen) atoms. The van der Waals surface area contributed by atoms with Crippen molar-refractivity contribution in [1.29, 1.82) is 0 Å². The summed E-state index contributed by atoms with van der Waals surface area (Å²) in [7, 11) is 0. The largest absolute Gasteiger partial charge is 0.383 e. The number of nitrogen functional groups attached to an aromatic ring is 1. The molecule has 0 saturated carbocycles. The van der Waals surface area contributed by atoms with Crippen molar-refractivity contribution in [2.24, 2.45) is 0 Å². The first-order chi connectivity index (χ1) is 9.21. The third kappa shape index (κ3) is 2.79. The molecule has 0 bridgehead atoms. The molecule has 0 unspecified atom stereocenters. The molecule has 2 heterocycles. The molecule has 2 aromatic heterocycles. The fraction of sp³-hybridized carbons (Fsp3) is 0.500. The van der Waals surface area contributed by atoms with Gasteiger partial charge < -0.3 is 10.3 Å². The summed E-state index contributed by atoms with van der Waals surface area (Å²) in [5, 5.41) is 0. The summed E-state index contributed by atoms with van der Waals surface area (Å²) in [5.74, 6) is 1.16. The second-order valence-corrected chi connectivity index (χ2v) is 7.20. The Kier molecular flexibility index (Phi) is 4.04. The van der Waals surface area contributed by atoms with Crippen LogP contribution in [0.4, 0.5) is 5.82 Å². The second-order valence-electron chi connectivity index (χ2n) is 6.12. The highest BCUT2D eigenvalue weighted by Crippen LogP contribution is 2.30. The van der Waals surface area contributed by atoms with E-state index < -0.39 is 0 Å². The smallest absolute Gasteiger partial charge is 0.180 e. The molecular formula is C14H20IN5. The predicted molar refractivity (Wildman–Crippen MR) is 89.5 cm³/mol. The zero-order valence-electron chi connectivity index (χ0n) is 12.5. The number of anilines is 1. The number of aromatic nitrogens is 4. The molecule has 0 aliphatic heterocycles. The lowest BCUT2D eigenvalue weighted by atomic mass is 9.92. The van der Waals surface area contributed by atoms with Gasteiger partial charge in [0.2, 0.25) is 0 Å². The van der Waals surface area contributed by atoms with Crippen LogP contribution in [0.5, 0.6) is 0 Å². The zero-order valence-corrected chi connectivity index (χ0v) is 14.6. The van der Waals surface area contributed by atoms with E-state index in [1.807, 2.05) is 4.57 Å². The van der Waals surface area contributed by atoms with Crippen molar-refractivity contribution in [2.45, 2.75) is 46.1 Å². The zero-order chi connectivity index (χ0) is 15.1. The highest BCUT2D eigenvalue weighted by atomic mass is 127. The molecule has 0 aliphatic rings. The van der Waals surface area contributed by atoms with E-state index in [0.29, 0.717) is 17.7 Å². The van der Waals surface area contributed by atoms with Crippen LogP contribution in [-0.4, -0.2) is 19.5 Å². The Morgan fingerprint density at radius 1 is 1.25 bits per heavy atom. The second kappa shape index (κ2) is 5.31. The third-order valence-corrected chi connectivity index (χ3v) is 4.10. The molecule has 2 aromatic rings. The summed E-state index contributed by atoms with van der Waals surface area (Å²) in [4.78, 5) is 13.4. The lowest BCUT2D eigenvalue weighted by Crippen LogP contribution is -2.19. The van der Waals surface area contributed by atoms with Crippen molar-refractivity contribution in [3.63, 3.8) is 0 Å². The van der Waals surface area contributed by atoms with E-state index in [-0.39, 0.29) is 5.41 Å². The SMILES string of the molecule is CC(C)n1cncc1-c1nc(N)c(I)c(C(C)(C)C)n1. The first-order valence-electron chi connectivity index (χ1n) is 6.57. The normalized spacial score (nSPS) is 12.2. The molecule has 5 nitrogen and oxygen atoms in total. The number of hydrogen-bond acceptors (Lipinski definition) is 4. The van der Waals surface area contributed by atoms with Crippen molar-refractivity contribution >= 4 is 28.4 Å². The minimum absolute atomic E-state index is 0.0784. The van der Waals surface area contributed by atoms with Crippen molar-refractivity contribution < 1.29 is 0 Å². The molecular weight excluding hydrogens is 365 g/mol. The molecule has 0 aromatic carbocycles. The molecule has 0 amide bonds. The van der Waals surface area contributed by atoms with Crippen molar-refractivity contribution in [3.8, 4) is 11.5 Å². The molecule has 0 fully saturated rings. The van der Waals surface area contributed by atoms with Crippen LogP contribution in [-0.2, 0) is 5.41 Å². The van der Waals surface area contributed by atoms with Crippen LogP contribution in [0.2, 0.25) is 0 Å². The molecule has 2 N–H and O–H groups in total. The van der Waals surface area contributed by atoms with E-state index in [4.69, 9.17) is 10.7 Å². The molecule has 0 radical (unpaired) electrons. The molecule has 6 heteroatoms. The maximum absolute atomic E-state index is 6.06. The summed E-state index contributed by atoms with van der Waals surface area (Å²) in [6.07, 6.45) is 3.59. The molecule has 2 rings (SSSR count). The third-order valence-electron chi connectivity index (χ3n) is 3.04. The number of imidazole rings is 1. The van der Waals surface area contributed by atoms with Gasteiger partial charge in [0.05, 0.1) is 21.8 Å². The summed E-state index contributed by atoms with van der Waals surface area (Å²) in [5.41, 5.74) is 7.85. The van der Waals surface area contributed by atoms with Gasteiger partial charge in [-0.2, -0.15) is 0 Å². The van der Waals surface area contributed by atoms with Gasteiger partial charge in [-0.1, -0.05) is 20.8 Å². The molecule has 0 saturated heterocycles. The van der Waals surface area contributed by atoms with E-state index in [0.717, 1.165) is 15.0 Å². The number of rotatable bonds is 2. The first-order valence-corrected chi connectivity index (χ1v) is 7.65. The average molecular weight is 385 g/mol. The van der Waals surface area contributed by atoms with Gasteiger partial charge in [0.1, 0.15) is 11.5 Å². The van der Waals surface area contributed by atoms with Crippen LogP contribution in [0.25, 0.3) is 11.5 Å². The molecule has 0 spiro atoms. The van der Waals surface area contributed by atoms with Gasteiger partial charge >= 0.3 is 0 Å².